The minimum absolute atomic E-state index is 0.0386. The molecule has 0 aromatic heterocycles. The van der Waals surface area contributed by atoms with E-state index in [1.165, 1.54) is 6.07 Å². The van der Waals surface area contributed by atoms with Crippen LogP contribution in [0.5, 0.6) is 5.75 Å². The van der Waals surface area contributed by atoms with E-state index in [1.54, 1.807) is 0 Å². The smallest absolute Gasteiger partial charge is 0.339 e. The van der Waals surface area contributed by atoms with Gasteiger partial charge in [-0.1, -0.05) is 11.6 Å². The topological polar surface area (TPSA) is 86.5 Å². The van der Waals surface area contributed by atoms with Crippen LogP contribution in [0.3, 0.4) is 0 Å². The van der Waals surface area contributed by atoms with Crippen molar-refractivity contribution >= 4 is 27.4 Å². The summed E-state index contributed by atoms with van der Waals surface area (Å²) in [6, 6.07) is 1.31. The van der Waals surface area contributed by atoms with Crippen molar-refractivity contribution in [2.24, 2.45) is 0 Å². The molecule has 9 heteroatoms. The fourth-order valence-electron chi connectivity index (χ4n) is 0.863. The van der Waals surface area contributed by atoms with Crippen LogP contribution >= 0.6 is 11.6 Å². The molecule has 1 rings (SSSR count). The molecule has 6 nitrogen and oxygen atoms in total. The quantitative estimate of drug-likeness (QED) is 0.473. The Labute approximate surface area is 94.9 Å². The Morgan fingerprint density at radius 3 is 2.62 bits per heavy atom. The number of hydrogen-bond acceptors (Lipinski definition) is 5. The molecule has 0 unspecified atom stereocenters. The Balaban J connectivity index is 3.19. The number of alkyl halides is 1. The van der Waals surface area contributed by atoms with Crippen LogP contribution in [-0.4, -0.2) is 19.3 Å². The number of hydrogen-bond donors (Lipinski definition) is 0. The molecule has 0 saturated carbocycles. The fourth-order valence-corrected chi connectivity index (χ4v) is 1.49. The lowest BCUT2D eigenvalue weighted by atomic mass is 10.3. The largest absolute Gasteiger partial charge is 0.373 e. The van der Waals surface area contributed by atoms with Gasteiger partial charge in [0.1, 0.15) is 0 Å². The molecule has 1 aromatic carbocycles. The maximum atomic E-state index is 12.0. The van der Waals surface area contributed by atoms with Crippen LogP contribution in [0.15, 0.2) is 18.2 Å². The Hall–Kier alpha value is -1.41. The molecule has 0 heterocycles. The lowest BCUT2D eigenvalue weighted by Crippen LogP contribution is -2.11. The van der Waals surface area contributed by atoms with E-state index < -0.39 is 32.5 Å². The van der Waals surface area contributed by atoms with E-state index in [0.29, 0.717) is 0 Å². The monoisotopic (exact) mass is 269 g/mol. The second-order valence-corrected chi connectivity index (χ2v) is 4.56. The summed E-state index contributed by atoms with van der Waals surface area (Å²) in [7, 11) is -4.46. The van der Waals surface area contributed by atoms with Crippen LogP contribution in [0.2, 0.25) is 5.02 Å². The SMILES string of the molecule is O=[N+]([O-])c1cc(Cl)ccc1OS(=O)(=O)CF. The summed E-state index contributed by atoms with van der Waals surface area (Å²) in [5.74, 6) is -0.577. The minimum atomic E-state index is -4.46. The number of halogens is 2. The molecule has 0 N–H and O–H groups in total. The molecule has 0 aliphatic heterocycles. The van der Waals surface area contributed by atoms with Crippen LogP contribution in [0, 0.1) is 10.1 Å². The molecule has 0 radical (unpaired) electrons. The Kier molecular flexibility index (Phi) is 3.66. The Morgan fingerprint density at radius 2 is 2.12 bits per heavy atom. The summed E-state index contributed by atoms with van der Waals surface area (Å²) in [5, 5.41) is 10.6. The van der Waals surface area contributed by atoms with Gasteiger partial charge in [0.15, 0.2) is 0 Å². The van der Waals surface area contributed by atoms with Gasteiger partial charge in [0.25, 0.3) is 0 Å². The van der Waals surface area contributed by atoms with Crippen molar-refractivity contribution < 1.29 is 21.9 Å². The molecule has 0 aliphatic carbocycles. The number of nitrogens with zero attached hydrogens (tertiary/aromatic N) is 1. The van der Waals surface area contributed by atoms with Crippen LogP contribution in [-0.2, 0) is 10.1 Å². The summed E-state index contributed by atoms with van der Waals surface area (Å²) in [6.45, 7) is 0. The first-order valence-electron chi connectivity index (χ1n) is 3.78. The van der Waals surface area contributed by atoms with Gasteiger partial charge in [-0.2, -0.15) is 8.42 Å². The number of nitro benzene ring substituents is 1. The van der Waals surface area contributed by atoms with Gasteiger partial charge < -0.3 is 4.18 Å². The molecule has 1 aromatic rings. The van der Waals surface area contributed by atoms with Gasteiger partial charge in [-0.15, -0.1) is 0 Å². The van der Waals surface area contributed by atoms with E-state index >= 15 is 0 Å². The molecule has 0 fully saturated rings. The molecule has 0 saturated heterocycles. The predicted octanol–water partition coefficient (Wildman–Crippen LogP) is 1.88. The third kappa shape index (κ3) is 3.04. The van der Waals surface area contributed by atoms with Crippen molar-refractivity contribution in [2.75, 3.05) is 6.01 Å². The van der Waals surface area contributed by atoms with Crippen molar-refractivity contribution in [2.45, 2.75) is 0 Å². The van der Waals surface area contributed by atoms with Crippen LogP contribution in [0.4, 0.5) is 10.1 Å². The highest BCUT2D eigenvalue weighted by atomic mass is 35.5. The third-order valence-electron chi connectivity index (χ3n) is 1.47. The van der Waals surface area contributed by atoms with Crippen molar-refractivity contribution in [3.63, 3.8) is 0 Å². The molecule has 88 valence electrons. The van der Waals surface area contributed by atoms with Gasteiger partial charge in [0.2, 0.25) is 11.8 Å². The van der Waals surface area contributed by atoms with Crippen LogP contribution < -0.4 is 4.18 Å². The first kappa shape index (κ1) is 12.7. The summed E-state index contributed by atoms with van der Waals surface area (Å²) >= 11 is 5.48. The maximum absolute atomic E-state index is 12.0. The van der Waals surface area contributed by atoms with Crippen LogP contribution in [0.1, 0.15) is 0 Å². The van der Waals surface area contributed by atoms with E-state index in [9.17, 15) is 22.9 Å². The Morgan fingerprint density at radius 1 is 1.50 bits per heavy atom. The molecular formula is C7H5ClFNO5S. The molecule has 0 atom stereocenters. The van der Waals surface area contributed by atoms with Crippen molar-refractivity contribution in [3.05, 3.63) is 33.3 Å². The van der Waals surface area contributed by atoms with E-state index in [4.69, 9.17) is 11.6 Å². The van der Waals surface area contributed by atoms with E-state index in [0.717, 1.165) is 12.1 Å². The minimum Gasteiger partial charge on any atom is -0.373 e. The summed E-state index contributed by atoms with van der Waals surface area (Å²) in [5.41, 5.74) is -0.649. The maximum Gasteiger partial charge on any atom is 0.339 e. The average molecular weight is 270 g/mol. The van der Waals surface area contributed by atoms with Crippen molar-refractivity contribution in [1.29, 1.82) is 0 Å². The second-order valence-electron chi connectivity index (χ2n) is 2.62. The lowest BCUT2D eigenvalue weighted by molar-refractivity contribution is -0.385. The molecule has 0 bridgehead atoms. The molecule has 16 heavy (non-hydrogen) atoms. The number of benzene rings is 1. The van der Waals surface area contributed by atoms with E-state index in [-0.39, 0.29) is 5.02 Å². The molecule has 0 aliphatic rings. The van der Waals surface area contributed by atoms with Gasteiger partial charge in [-0.25, -0.2) is 4.39 Å². The summed E-state index contributed by atoms with van der Waals surface area (Å²) in [6.07, 6.45) is 0. The summed E-state index contributed by atoms with van der Waals surface area (Å²) in [4.78, 5) is 9.65. The number of nitro groups is 1. The van der Waals surface area contributed by atoms with Gasteiger partial charge >= 0.3 is 15.8 Å². The average Bonchev–Trinajstić information content (AvgIpc) is 2.20. The molecule has 0 amide bonds. The van der Waals surface area contributed by atoms with Gasteiger partial charge in [-0.3, -0.25) is 10.1 Å². The highest BCUT2D eigenvalue weighted by Gasteiger charge is 2.21. The first-order chi connectivity index (χ1) is 7.35. The zero-order valence-electron chi connectivity index (χ0n) is 7.59. The zero-order chi connectivity index (χ0) is 12.3. The standard InChI is InChI=1S/C7H5ClFNO5S/c8-5-1-2-7(6(3-5)10(11)12)15-16(13,14)4-9/h1-3H,4H2. The molecule has 0 spiro atoms. The Bertz CT molecular complexity index is 518. The van der Waals surface area contributed by atoms with Crippen molar-refractivity contribution in [3.8, 4) is 5.75 Å². The first-order valence-corrected chi connectivity index (χ1v) is 5.73. The number of rotatable bonds is 4. The van der Waals surface area contributed by atoms with Gasteiger partial charge in [0.05, 0.1) is 4.92 Å². The highest BCUT2D eigenvalue weighted by molar-refractivity contribution is 7.86. The zero-order valence-corrected chi connectivity index (χ0v) is 9.16. The fraction of sp³-hybridized carbons (Fsp3) is 0.143. The van der Waals surface area contributed by atoms with E-state index in [1.807, 2.05) is 0 Å². The van der Waals surface area contributed by atoms with Crippen LogP contribution in [0.25, 0.3) is 0 Å². The summed E-state index contributed by atoms with van der Waals surface area (Å²) < 4.78 is 37.7. The normalized spacial score (nSPS) is 11.1. The van der Waals surface area contributed by atoms with Gasteiger partial charge in [-0.05, 0) is 12.1 Å². The lowest BCUT2D eigenvalue weighted by Gasteiger charge is -2.04. The van der Waals surface area contributed by atoms with Gasteiger partial charge in [0, 0.05) is 11.1 Å². The van der Waals surface area contributed by atoms with Crippen molar-refractivity contribution in [1.82, 2.24) is 0 Å². The van der Waals surface area contributed by atoms with E-state index in [2.05, 4.69) is 4.18 Å². The predicted molar refractivity (Wildman–Crippen MR) is 53.6 cm³/mol. The second kappa shape index (κ2) is 4.62. The molecular weight excluding hydrogens is 265 g/mol. The highest BCUT2D eigenvalue weighted by Crippen LogP contribution is 2.30. The third-order valence-corrected chi connectivity index (χ3v) is 2.40.